The predicted octanol–water partition coefficient (Wildman–Crippen LogP) is 3.39. The van der Waals surface area contributed by atoms with Crippen LogP contribution in [0.5, 0.6) is 0 Å². The van der Waals surface area contributed by atoms with Crippen LogP contribution in [0.25, 0.3) is 0 Å². The highest BCUT2D eigenvalue weighted by atomic mass is 32.2. The van der Waals surface area contributed by atoms with Crippen LogP contribution in [0.3, 0.4) is 0 Å². The fraction of sp³-hybridized carbons (Fsp3) is 0.333. The molecule has 0 atom stereocenters. The lowest BCUT2D eigenvalue weighted by Crippen LogP contribution is -2.11. The summed E-state index contributed by atoms with van der Waals surface area (Å²) in [7, 11) is -1.67. The van der Waals surface area contributed by atoms with Crippen molar-refractivity contribution in [2.75, 3.05) is 11.8 Å². The molecule has 0 amide bonds. The molecule has 4 nitrogen and oxygen atoms in total. The molecule has 114 valence electrons. The quantitative estimate of drug-likeness (QED) is 0.856. The average molecular weight is 324 g/mol. The topological polar surface area (TPSA) is 58.2 Å². The van der Waals surface area contributed by atoms with Crippen molar-refractivity contribution in [1.82, 2.24) is 5.32 Å². The third-order valence-electron chi connectivity index (χ3n) is 3.11. The summed E-state index contributed by atoms with van der Waals surface area (Å²) in [4.78, 5) is 0. The molecule has 0 aliphatic heterocycles. The third-order valence-corrected chi connectivity index (χ3v) is 5.97. The minimum Gasteiger partial charge on any atom is -0.316 e. The first kappa shape index (κ1) is 16.0. The number of hydrogen-bond donors (Lipinski definition) is 2. The maximum absolute atomic E-state index is 12.3. The molecule has 2 rings (SSSR count). The van der Waals surface area contributed by atoms with E-state index >= 15 is 0 Å². The Morgan fingerprint density at radius 3 is 2.43 bits per heavy atom. The standard InChI is InChI=1S/C15H20N2O2S2/c1-11(2)13-4-6-14(7-5-13)17-21(18,19)15-8-12(9-16-3)10-20-15/h4-8,10-11,16-17H,9H2,1-3H3. The van der Waals surface area contributed by atoms with Crippen LogP contribution in [0.15, 0.2) is 39.9 Å². The summed E-state index contributed by atoms with van der Waals surface area (Å²) < 4.78 is 27.6. The van der Waals surface area contributed by atoms with E-state index in [0.717, 1.165) is 5.56 Å². The number of rotatable bonds is 6. The van der Waals surface area contributed by atoms with Crippen LogP contribution in [-0.4, -0.2) is 15.5 Å². The Morgan fingerprint density at radius 2 is 1.86 bits per heavy atom. The number of benzene rings is 1. The van der Waals surface area contributed by atoms with E-state index in [-0.39, 0.29) is 0 Å². The molecule has 0 saturated heterocycles. The van der Waals surface area contributed by atoms with Crippen LogP contribution >= 0.6 is 11.3 Å². The van der Waals surface area contributed by atoms with Gasteiger partial charge in [-0.2, -0.15) is 0 Å². The molecule has 0 unspecified atom stereocenters. The van der Waals surface area contributed by atoms with E-state index in [0.29, 0.717) is 22.4 Å². The lowest BCUT2D eigenvalue weighted by atomic mass is 10.0. The molecule has 6 heteroatoms. The van der Waals surface area contributed by atoms with Crippen LogP contribution < -0.4 is 10.0 Å². The van der Waals surface area contributed by atoms with Gasteiger partial charge in [-0.05, 0) is 47.7 Å². The summed E-state index contributed by atoms with van der Waals surface area (Å²) in [5.74, 6) is 0.428. The second-order valence-corrected chi connectivity index (χ2v) is 8.01. The monoisotopic (exact) mass is 324 g/mol. The molecular weight excluding hydrogens is 304 g/mol. The summed E-state index contributed by atoms with van der Waals surface area (Å²) in [5, 5.41) is 4.86. The summed E-state index contributed by atoms with van der Waals surface area (Å²) in [6.07, 6.45) is 0. The Morgan fingerprint density at radius 1 is 1.19 bits per heavy atom. The largest absolute Gasteiger partial charge is 0.316 e. The first-order valence-electron chi connectivity index (χ1n) is 6.77. The van der Waals surface area contributed by atoms with Crippen molar-refractivity contribution in [3.05, 3.63) is 46.8 Å². The Labute approximate surface area is 130 Å². The van der Waals surface area contributed by atoms with Gasteiger partial charge in [-0.25, -0.2) is 8.42 Å². The second-order valence-electron chi connectivity index (χ2n) is 5.19. The summed E-state index contributed by atoms with van der Waals surface area (Å²) in [5.41, 5.74) is 2.74. The Hall–Kier alpha value is -1.37. The summed E-state index contributed by atoms with van der Waals surface area (Å²) in [6.45, 7) is 4.87. The molecule has 2 N–H and O–H groups in total. The molecule has 0 radical (unpaired) electrons. The minimum atomic E-state index is -3.50. The first-order valence-corrected chi connectivity index (χ1v) is 9.13. The molecule has 0 bridgehead atoms. The highest BCUT2D eigenvalue weighted by Gasteiger charge is 2.16. The Bertz CT molecular complexity index is 689. The fourth-order valence-corrected chi connectivity index (χ4v) is 4.20. The molecule has 0 fully saturated rings. The van der Waals surface area contributed by atoms with Crippen molar-refractivity contribution in [2.24, 2.45) is 0 Å². The molecule has 2 aromatic rings. The molecule has 1 aromatic carbocycles. The van der Waals surface area contributed by atoms with E-state index in [1.807, 2.05) is 24.6 Å². The van der Waals surface area contributed by atoms with Gasteiger partial charge in [-0.15, -0.1) is 11.3 Å². The molecule has 1 heterocycles. The number of sulfonamides is 1. The van der Waals surface area contributed by atoms with Gasteiger partial charge in [-0.1, -0.05) is 26.0 Å². The van der Waals surface area contributed by atoms with Gasteiger partial charge < -0.3 is 5.32 Å². The maximum atomic E-state index is 12.3. The van der Waals surface area contributed by atoms with Crippen molar-refractivity contribution >= 4 is 27.0 Å². The van der Waals surface area contributed by atoms with E-state index < -0.39 is 10.0 Å². The minimum absolute atomic E-state index is 0.334. The van der Waals surface area contributed by atoms with Crippen LogP contribution in [0.1, 0.15) is 30.9 Å². The van der Waals surface area contributed by atoms with Gasteiger partial charge in [0.25, 0.3) is 10.0 Å². The van der Waals surface area contributed by atoms with Crippen LogP contribution in [-0.2, 0) is 16.6 Å². The molecule has 0 spiro atoms. The molecule has 1 aromatic heterocycles. The molecular formula is C15H20N2O2S2. The SMILES string of the molecule is CNCc1csc(S(=O)(=O)Nc2ccc(C(C)C)cc2)c1. The van der Waals surface area contributed by atoms with E-state index in [1.165, 1.54) is 16.9 Å². The zero-order chi connectivity index (χ0) is 15.5. The van der Waals surface area contributed by atoms with Crippen molar-refractivity contribution in [3.63, 3.8) is 0 Å². The first-order chi connectivity index (χ1) is 9.92. The molecule has 0 aliphatic rings. The van der Waals surface area contributed by atoms with Crippen LogP contribution in [0.2, 0.25) is 0 Å². The van der Waals surface area contributed by atoms with Gasteiger partial charge in [0.2, 0.25) is 0 Å². The van der Waals surface area contributed by atoms with Gasteiger partial charge >= 0.3 is 0 Å². The predicted molar refractivity (Wildman–Crippen MR) is 88.4 cm³/mol. The van der Waals surface area contributed by atoms with Crippen LogP contribution in [0.4, 0.5) is 5.69 Å². The van der Waals surface area contributed by atoms with E-state index in [4.69, 9.17) is 0 Å². The number of hydrogen-bond acceptors (Lipinski definition) is 4. The molecule has 0 saturated carbocycles. The number of nitrogens with one attached hydrogen (secondary N) is 2. The second kappa shape index (κ2) is 6.60. The molecule has 0 aliphatic carbocycles. The number of thiophene rings is 1. The zero-order valence-electron chi connectivity index (χ0n) is 12.4. The highest BCUT2D eigenvalue weighted by Crippen LogP contribution is 2.24. The average Bonchev–Trinajstić information content (AvgIpc) is 2.89. The lowest BCUT2D eigenvalue weighted by molar-refractivity contribution is 0.603. The summed E-state index contributed by atoms with van der Waals surface area (Å²) in [6, 6.07) is 9.20. The van der Waals surface area contributed by atoms with Crippen molar-refractivity contribution < 1.29 is 8.42 Å². The van der Waals surface area contributed by atoms with Crippen molar-refractivity contribution in [1.29, 1.82) is 0 Å². The summed E-state index contributed by atoms with van der Waals surface area (Å²) >= 11 is 1.23. The number of anilines is 1. The van der Waals surface area contributed by atoms with E-state index in [9.17, 15) is 8.42 Å². The zero-order valence-corrected chi connectivity index (χ0v) is 14.0. The normalized spacial score (nSPS) is 11.8. The van der Waals surface area contributed by atoms with Gasteiger partial charge in [0.15, 0.2) is 0 Å². The van der Waals surface area contributed by atoms with Gasteiger partial charge in [0, 0.05) is 12.2 Å². The van der Waals surface area contributed by atoms with E-state index in [1.54, 1.807) is 18.2 Å². The highest BCUT2D eigenvalue weighted by molar-refractivity contribution is 7.94. The van der Waals surface area contributed by atoms with Crippen molar-refractivity contribution in [2.45, 2.75) is 30.5 Å². The Kier molecular flexibility index (Phi) is 5.03. The fourth-order valence-electron chi connectivity index (χ4n) is 1.93. The van der Waals surface area contributed by atoms with Gasteiger partial charge in [-0.3, -0.25) is 4.72 Å². The smallest absolute Gasteiger partial charge is 0.271 e. The molecule has 21 heavy (non-hydrogen) atoms. The maximum Gasteiger partial charge on any atom is 0.271 e. The lowest BCUT2D eigenvalue weighted by Gasteiger charge is -2.09. The van der Waals surface area contributed by atoms with Crippen LogP contribution in [0, 0.1) is 0 Å². The Balaban J connectivity index is 2.16. The van der Waals surface area contributed by atoms with E-state index in [2.05, 4.69) is 23.9 Å². The van der Waals surface area contributed by atoms with Crippen molar-refractivity contribution in [3.8, 4) is 0 Å². The van der Waals surface area contributed by atoms with Gasteiger partial charge in [0.05, 0.1) is 0 Å². The third kappa shape index (κ3) is 4.06. The van der Waals surface area contributed by atoms with Gasteiger partial charge in [0.1, 0.15) is 4.21 Å².